The maximum atomic E-state index is 12.4. The van der Waals surface area contributed by atoms with Crippen molar-refractivity contribution in [3.63, 3.8) is 0 Å². The van der Waals surface area contributed by atoms with E-state index in [0.29, 0.717) is 19.3 Å². The quantitative estimate of drug-likeness (QED) is 0.877. The fraction of sp³-hybridized carbons (Fsp3) is 0.583. The second-order valence-electron chi connectivity index (χ2n) is 4.95. The van der Waals surface area contributed by atoms with E-state index in [1.807, 2.05) is 0 Å². The molecule has 1 amide bonds. The minimum atomic E-state index is -4.55. The molecule has 1 aromatic heterocycles. The molecule has 116 valence electrons. The SMILES string of the molecule is O=C(Cn1ccc(C(F)(F)F)n1)N[C@H]1CCC[C@H]1C(=O)O. The van der Waals surface area contributed by atoms with Crippen LogP contribution in [0.5, 0.6) is 0 Å². The van der Waals surface area contributed by atoms with Crippen molar-refractivity contribution in [2.75, 3.05) is 0 Å². The Kier molecular flexibility index (Phi) is 4.19. The lowest BCUT2D eigenvalue weighted by Crippen LogP contribution is -2.41. The summed E-state index contributed by atoms with van der Waals surface area (Å²) in [4.78, 5) is 22.7. The number of carbonyl (C=O) groups excluding carboxylic acids is 1. The number of alkyl halides is 3. The zero-order valence-corrected chi connectivity index (χ0v) is 10.9. The number of aromatic nitrogens is 2. The largest absolute Gasteiger partial charge is 0.481 e. The minimum Gasteiger partial charge on any atom is -0.481 e. The van der Waals surface area contributed by atoms with Crippen molar-refractivity contribution in [1.29, 1.82) is 0 Å². The summed E-state index contributed by atoms with van der Waals surface area (Å²) in [5.41, 5.74) is -1.07. The number of carboxylic acid groups (broad SMARTS) is 1. The van der Waals surface area contributed by atoms with Crippen molar-refractivity contribution < 1.29 is 27.9 Å². The van der Waals surface area contributed by atoms with E-state index in [4.69, 9.17) is 5.11 Å². The Bertz CT molecular complexity index is 541. The molecule has 0 bridgehead atoms. The summed E-state index contributed by atoms with van der Waals surface area (Å²) >= 11 is 0. The molecule has 0 radical (unpaired) electrons. The second-order valence-corrected chi connectivity index (χ2v) is 4.95. The number of rotatable bonds is 4. The van der Waals surface area contributed by atoms with Gasteiger partial charge in [-0.3, -0.25) is 14.3 Å². The van der Waals surface area contributed by atoms with Crippen molar-refractivity contribution in [1.82, 2.24) is 15.1 Å². The van der Waals surface area contributed by atoms with Gasteiger partial charge in [-0.05, 0) is 18.9 Å². The molecule has 1 saturated carbocycles. The number of nitrogens with one attached hydrogen (secondary N) is 1. The van der Waals surface area contributed by atoms with Crippen molar-refractivity contribution in [2.24, 2.45) is 5.92 Å². The molecule has 21 heavy (non-hydrogen) atoms. The van der Waals surface area contributed by atoms with E-state index in [2.05, 4.69) is 10.4 Å². The van der Waals surface area contributed by atoms with Crippen LogP contribution in [0.4, 0.5) is 13.2 Å². The lowest BCUT2D eigenvalue weighted by molar-refractivity contribution is -0.143. The van der Waals surface area contributed by atoms with E-state index in [0.717, 1.165) is 16.9 Å². The summed E-state index contributed by atoms with van der Waals surface area (Å²) in [5.74, 6) is -2.17. The predicted molar refractivity (Wildman–Crippen MR) is 64.1 cm³/mol. The lowest BCUT2D eigenvalue weighted by atomic mass is 10.0. The lowest BCUT2D eigenvalue weighted by Gasteiger charge is -2.17. The highest BCUT2D eigenvalue weighted by atomic mass is 19.4. The second kappa shape index (κ2) is 5.74. The Labute approximate surface area is 117 Å². The fourth-order valence-corrected chi connectivity index (χ4v) is 2.43. The summed E-state index contributed by atoms with van der Waals surface area (Å²) in [6.07, 6.45) is -1.76. The van der Waals surface area contributed by atoms with Gasteiger partial charge in [-0.25, -0.2) is 0 Å². The highest BCUT2D eigenvalue weighted by Gasteiger charge is 2.35. The predicted octanol–water partition coefficient (Wildman–Crippen LogP) is 1.27. The van der Waals surface area contributed by atoms with Crippen LogP contribution in [0.1, 0.15) is 25.0 Å². The summed E-state index contributed by atoms with van der Waals surface area (Å²) < 4.78 is 38.0. The Hall–Kier alpha value is -2.06. The normalized spacial score (nSPS) is 22.2. The molecule has 6 nitrogen and oxygen atoms in total. The third-order valence-electron chi connectivity index (χ3n) is 3.42. The van der Waals surface area contributed by atoms with Crippen LogP contribution >= 0.6 is 0 Å². The Morgan fingerprint density at radius 3 is 2.71 bits per heavy atom. The van der Waals surface area contributed by atoms with Crippen molar-refractivity contribution >= 4 is 11.9 Å². The molecule has 9 heteroatoms. The average Bonchev–Trinajstić information content (AvgIpc) is 2.96. The molecule has 2 atom stereocenters. The number of aliphatic carboxylic acids is 1. The first kappa shape index (κ1) is 15.3. The molecular weight excluding hydrogens is 291 g/mol. The average molecular weight is 305 g/mol. The molecule has 0 unspecified atom stereocenters. The van der Waals surface area contributed by atoms with Crippen LogP contribution in [0.15, 0.2) is 12.3 Å². The van der Waals surface area contributed by atoms with Gasteiger partial charge in [0.25, 0.3) is 0 Å². The van der Waals surface area contributed by atoms with Crippen molar-refractivity contribution in [3.05, 3.63) is 18.0 Å². The Morgan fingerprint density at radius 1 is 1.43 bits per heavy atom. The highest BCUT2D eigenvalue weighted by molar-refractivity contribution is 5.78. The number of hydrogen-bond acceptors (Lipinski definition) is 3. The first-order chi connectivity index (χ1) is 9.77. The van der Waals surface area contributed by atoms with E-state index in [9.17, 15) is 22.8 Å². The van der Waals surface area contributed by atoms with Crippen LogP contribution in [0, 0.1) is 5.92 Å². The van der Waals surface area contributed by atoms with Gasteiger partial charge in [-0.1, -0.05) is 6.42 Å². The first-order valence-corrected chi connectivity index (χ1v) is 6.40. The standard InChI is InChI=1S/C12H14F3N3O3/c13-12(14,15)9-4-5-18(17-9)6-10(19)16-8-3-1-2-7(8)11(20)21/h4-5,7-8H,1-3,6H2,(H,16,19)(H,20,21)/t7-,8+/m1/s1. The summed E-state index contributed by atoms with van der Waals surface area (Å²) in [5, 5.41) is 14.8. The van der Waals surface area contributed by atoms with Crippen LogP contribution in [0.3, 0.4) is 0 Å². The molecule has 1 aliphatic carbocycles. The third-order valence-corrected chi connectivity index (χ3v) is 3.42. The summed E-state index contributed by atoms with van der Waals surface area (Å²) in [7, 11) is 0. The number of nitrogens with zero attached hydrogens (tertiary/aromatic N) is 2. The molecule has 0 aromatic carbocycles. The van der Waals surface area contributed by atoms with Gasteiger partial charge in [-0.2, -0.15) is 18.3 Å². The van der Waals surface area contributed by atoms with Gasteiger partial charge in [0.2, 0.25) is 5.91 Å². The third kappa shape index (κ3) is 3.73. The van der Waals surface area contributed by atoms with Crippen molar-refractivity contribution in [3.8, 4) is 0 Å². The number of carbonyl (C=O) groups is 2. The van der Waals surface area contributed by atoms with Crippen LogP contribution in [-0.2, 0) is 22.3 Å². The summed E-state index contributed by atoms with van der Waals surface area (Å²) in [6, 6.07) is 0.302. The van der Waals surface area contributed by atoms with Gasteiger partial charge in [0, 0.05) is 12.2 Å². The molecule has 0 saturated heterocycles. The Balaban J connectivity index is 1.93. The van der Waals surface area contributed by atoms with Crippen LogP contribution in [-0.4, -0.2) is 32.8 Å². The van der Waals surface area contributed by atoms with Crippen LogP contribution in [0.2, 0.25) is 0 Å². The topological polar surface area (TPSA) is 84.2 Å². The van der Waals surface area contributed by atoms with E-state index < -0.39 is 35.7 Å². The van der Waals surface area contributed by atoms with Crippen LogP contribution < -0.4 is 5.32 Å². The van der Waals surface area contributed by atoms with Gasteiger partial charge in [0.15, 0.2) is 5.69 Å². The molecule has 1 aliphatic rings. The first-order valence-electron chi connectivity index (χ1n) is 6.40. The molecule has 2 N–H and O–H groups in total. The number of halogens is 3. The maximum absolute atomic E-state index is 12.4. The van der Waals surface area contributed by atoms with E-state index >= 15 is 0 Å². The van der Waals surface area contributed by atoms with Gasteiger partial charge in [0.1, 0.15) is 6.54 Å². The maximum Gasteiger partial charge on any atom is 0.435 e. The zero-order chi connectivity index (χ0) is 15.6. The number of carboxylic acids is 1. The Morgan fingerprint density at radius 2 is 2.14 bits per heavy atom. The molecule has 1 heterocycles. The molecule has 2 rings (SSSR count). The van der Waals surface area contributed by atoms with Gasteiger partial charge in [0.05, 0.1) is 5.92 Å². The molecule has 1 aromatic rings. The molecule has 1 fully saturated rings. The highest BCUT2D eigenvalue weighted by Crippen LogP contribution is 2.27. The van der Waals surface area contributed by atoms with Crippen molar-refractivity contribution in [2.45, 2.75) is 38.0 Å². The van der Waals surface area contributed by atoms with Gasteiger partial charge < -0.3 is 10.4 Å². The fourth-order valence-electron chi connectivity index (χ4n) is 2.43. The smallest absolute Gasteiger partial charge is 0.435 e. The zero-order valence-electron chi connectivity index (χ0n) is 10.9. The minimum absolute atomic E-state index is 0.376. The molecular formula is C12H14F3N3O3. The number of amides is 1. The molecule has 0 spiro atoms. The monoisotopic (exact) mass is 305 g/mol. The van der Waals surface area contributed by atoms with Crippen LogP contribution in [0.25, 0.3) is 0 Å². The molecule has 0 aliphatic heterocycles. The van der Waals surface area contributed by atoms with E-state index in [1.54, 1.807) is 0 Å². The summed E-state index contributed by atoms with van der Waals surface area (Å²) in [6.45, 7) is -0.376. The van der Waals surface area contributed by atoms with Gasteiger partial charge >= 0.3 is 12.1 Å². The number of hydrogen-bond donors (Lipinski definition) is 2. The van der Waals surface area contributed by atoms with E-state index in [1.165, 1.54) is 0 Å². The van der Waals surface area contributed by atoms with Gasteiger partial charge in [-0.15, -0.1) is 0 Å². The van der Waals surface area contributed by atoms with E-state index in [-0.39, 0.29) is 6.54 Å².